The zero-order valence-electron chi connectivity index (χ0n) is 12.4. The van der Waals surface area contributed by atoms with Gasteiger partial charge in [-0.1, -0.05) is 0 Å². The van der Waals surface area contributed by atoms with Crippen molar-refractivity contribution in [1.29, 1.82) is 0 Å². The van der Waals surface area contributed by atoms with Gasteiger partial charge in [-0.05, 0) is 0 Å². The maximum atomic E-state index is 6.99. The first-order valence-electron chi connectivity index (χ1n) is 7.87. The maximum absolute atomic E-state index is 6.99. The Morgan fingerprint density at radius 2 is 0.882 bits per heavy atom. The number of hydrogen-bond donors (Lipinski definition) is 0. The van der Waals surface area contributed by atoms with Crippen molar-refractivity contribution in [2.45, 2.75) is 78.6 Å². The molecule has 0 nitrogen and oxygen atoms in total. The summed E-state index contributed by atoms with van der Waals surface area (Å²) in [6.07, 6.45) is 16.4. The van der Waals surface area contributed by atoms with E-state index in [1.54, 1.807) is 0 Å². The van der Waals surface area contributed by atoms with Crippen molar-refractivity contribution in [3.63, 3.8) is 0 Å². The Morgan fingerprint density at radius 1 is 0.588 bits per heavy atom. The molecule has 17 heavy (non-hydrogen) atoms. The quantitative estimate of drug-likeness (QED) is 0.284. The van der Waals surface area contributed by atoms with Crippen molar-refractivity contribution < 1.29 is 0 Å². The summed E-state index contributed by atoms with van der Waals surface area (Å²) in [5.74, 6) is 0. The zero-order valence-corrected chi connectivity index (χ0v) is 14.1. The van der Waals surface area contributed by atoms with Gasteiger partial charge in [0.15, 0.2) is 0 Å². The molecule has 0 saturated carbocycles. The van der Waals surface area contributed by atoms with Crippen LogP contribution in [-0.4, -0.2) is 18.5 Å². The van der Waals surface area contributed by atoms with Crippen molar-refractivity contribution in [2.75, 3.05) is 18.5 Å². The van der Waals surface area contributed by atoms with Gasteiger partial charge in [0.25, 0.3) is 0 Å². The molecule has 0 aliphatic rings. The monoisotopic (exact) mass is 280 g/mol. The van der Waals surface area contributed by atoms with Crippen LogP contribution in [0.15, 0.2) is 0 Å². The molecule has 2 heteroatoms. The summed E-state index contributed by atoms with van der Waals surface area (Å²) in [5, 5.41) is 0. The molecular weight excluding hydrogens is 247 g/mol. The first kappa shape index (κ1) is 17.7. The first-order valence-corrected chi connectivity index (χ1v) is 11.5. The zero-order chi connectivity index (χ0) is 13.0. The average molecular weight is 281 g/mol. The fourth-order valence-corrected chi connectivity index (χ4v) is 7.05. The molecule has 0 radical (unpaired) electrons. The van der Waals surface area contributed by atoms with E-state index in [-0.39, 0.29) is 0 Å². The molecule has 0 heterocycles. The van der Waals surface area contributed by atoms with Crippen LogP contribution in [-0.2, 0) is 0 Å². The molecule has 0 aromatic heterocycles. The molecule has 0 fully saturated rings. The van der Waals surface area contributed by atoms with E-state index in [4.69, 9.17) is 11.2 Å². The third-order valence-corrected chi connectivity index (χ3v) is 9.13. The van der Waals surface area contributed by atoms with Crippen LogP contribution < -0.4 is 0 Å². The predicted molar refractivity (Wildman–Crippen MR) is 87.3 cm³/mol. The Labute approximate surface area is 115 Å². The van der Waals surface area contributed by atoms with E-state index in [0.29, 0.717) is 0 Å². The van der Waals surface area contributed by atoms with Gasteiger partial charge in [0.05, 0.1) is 0 Å². The van der Waals surface area contributed by atoms with E-state index >= 15 is 0 Å². The van der Waals surface area contributed by atoms with Crippen LogP contribution in [0.25, 0.3) is 0 Å². The van der Waals surface area contributed by atoms with Crippen molar-refractivity contribution >= 4 is 17.9 Å². The van der Waals surface area contributed by atoms with E-state index < -0.39 is 6.62 Å². The van der Waals surface area contributed by atoms with Gasteiger partial charge in [-0.15, -0.1) is 0 Å². The van der Waals surface area contributed by atoms with E-state index in [1.807, 2.05) is 0 Å². The summed E-state index contributed by atoms with van der Waals surface area (Å²) >= 11 is 6.99. The summed E-state index contributed by atoms with van der Waals surface area (Å²) in [4.78, 5) is 0. The Bertz CT molecular complexity index is 132. The molecular formula is C15H34ClP. The molecule has 0 atom stereocenters. The third-order valence-electron chi connectivity index (χ3n) is 3.69. The second-order valence-electron chi connectivity index (χ2n) is 5.52. The topological polar surface area (TPSA) is 0 Å². The van der Waals surface area contributed by atoms with Gasteiger partial charge in [-0.25, -0.2) is 0 Å². The normalized spacial score (nSPS) is 12.9. The molecule has 0 bridgehead atoms. The minimum absolute atomic E-state index is 1.32. The molecule has 0 saturated heterocycles. The number of halogens is 1. The van der Waals surface area contributed by atoms with Gasteiger partial charge >= 0.3 is 115 Å². The van der Waals surface area contributed by atoms with Crippen LogP contribution in [0, 0.1) is 0 Å². The second-order valence-corrected chi connectivity index (χ2v) is 11.7. The van der Waals surface area contributed by atoms with E-state index in [1.165, 1.54) is 76.3 Å². The van der Waals surface area contributed by atoms with Gasteiger partial charge in [0.1, 0.15) is 0 Å². The van der Waals surface area contributed by atoms with Gasteiger partial charge in [0, 0.05) is 0 Å². The molecule has 0 spiro atoms. The molecule has 0 aliphatic carbocycles. The molecule has 0 aromatic rings. The Hall–Kier alpha value is 0.720. The van der Waals surface area contributed by atoms with E-state index in [2.05, 4.69) is 20.8 Å². The first-order chi connectivity index (χ1) is 8.18. The van der Waals surface area contributed by atoms with Gasteiger partial charge in [0.2, 0.25) is 0 Å². The molecule has 0 aliphatic heterocycles. The number of unbranched alkanes of at least 4 members (excludes halogenated alkanes) is 6. The summed E-state index contributed by atoms with van der Waals surface area (Å²) in [6, 6.07) is 0. The summed E-state index contributed by atoms with van der Waals surface area (Å²) < 4.78 is 0. The summed E-state index contributed by atoms with van der Waals surface area (Å²) in [6.45, 7) is 5.46. The molecule has 106 valence electrons. The molecule has 0 unspecified atom stereocenters. The van der Waals surface area contributed by atoms with Crippen LogP contribution in [0.3, 0.4) is 0 Å². The SMILES string of the molecule is CCCCC[PH](Cl)(CCCCC)CCCCC. The van der Waals surface area contributed by atoms with Crippen LogP contribution in [0.4, 0.5) is 0 Å². The Balaban J connectivity index is 3.95. The fourth-order valence-electron chi connectivity index (χ4n) is 2.45. The van der Waals surface area contributed by atoms with Gasteiger partial charge in [-0.2, -0.15) is 0 Å². The van der Waals surface area contributed by atoms with Crippen LogP contribution in [0.1, 0.15) is 78.6 Å². The summed E-state index contributed by atoms with van der Waals surface area (Å²) in [7, 11) is 0. The average Bonchev–Trinajstić information content (AvgIpc) is 2.30. The number of hydrogen-bond acceptors (Lipinski definition) is 0. The molecule has 0 amide bonds. The van der Waals surface area contributed by atoms with Crippen molar-refractivity contribution in [1.82, 2.24) is 0 Å². The van der Waals surface area contributed by atoms with E-state index in [9.17, 15) is 0 Å². The van der Waals surface area contributed by atoms with Crippen LogP contribution in [0.5, 0.6) is 0 Å². The van der Waals surface area contributed by atoms with Crippen molar-refractivity contribution in [2.24, 2.45) is 0 Å². The molecule has 0 N–H and O–H groups in total. The van der Waals surface area contributed by atoms with Crippen molar-refractivity contribution in [3.8, 4) is 0 Å². The van der Waals surface area contributed by atoms with Crippen molar-refractivity contribution in [3.05, 3.63) is 0 Å². The predicted octanol–water partition coefficient (Wildman–Crippen LogP) is 6.46. The summed E-state index contributed by atoms with van der Waals surface area (Å²) in [5.41, 5.74) is 0. The second kappa shape index (κ2) is 11.8. The molecule has 0 rings (SSSR count). The fraction of sp³-hybridized carbons (Fsp3) is 1.00. The Kier molecular flexibility index (Phi) is 12.3. The van der Waals surface area contributed by atoms with Gasteiger partial charge in [-0.3, -0.25) is 0 Å². The van der Waals surface area contributed by atoms with E-state index in [0.717, 1.165) is 0 Å². The molecule has 0 aromatic carbocycles. The number of rotatable bonds is 12. The van der Waals surface area contributed by atoms with Crippen LogP contribution >= 0.6 is 17.9 Å². The van der Waals surface area contributed by atoms with Gasteiger partial charge < -0.3 is 0 Å². The minimum atomic E-state index is -1.39. The standard InChI is InChI=1S/C15H34ClP/c1-4-7-10-13-17(16,14-11-8-5-2)15-12-9-6-3/h17H,4-15H2,1-3H3. The van der Waals surface area contributed by atoms with Crippen LogP contribution in [0.2, 0.25) is 0 Å². The Morgan fingerprint density at radius 3 is 1.12 bits per heavy atom. The third kappa shape index (κ3) is 10.3.